The number of carbonyl (C=O) groups excluding carboxylic acids is 1. The van der Waals surface area contributed by atoms with Crippen molar-refractivity contribution in [1.29, 1.82) is 0 Å². The highest BCUT2D eigenvalue weighted by Crippen LogP contribution is 2.40. The van der Waals surface area contributed by atoms with Gasteiger partial charge in [0.1, 0.15) is 17.9 Å². The molecule has 0 radical (unpaired) electrons. The predicted octanol–water partition coefficient (Wildman–Crippen LogP) is 4.78. The van der Waals surface area contributed by atoms with Gasteiger partial charge in [0.25, 0.3) is 0 Å². The molecule has 7 heteroatoms. The molecule has 1 aromatic carbocycles. The van der Waals surface area contributed by atoms with Crippen LogP contribution < -0.4 is 4.90 Å². The Morgan fingerprint density at radius 1 is 1.25 bits per heavy atom. The van der Waals surface area contributed by atoms with E-state index in [9.17, 15) is 4.79 Å². The Hall–Kier alpha value is -1.56. The number of allylic oxidation sites excluding steroid dienone is 1. The first kappa shape index (κ1) is 21.2. The predicted molar refractivity (Wildman–Crippen MR) is 115 cm³/mol. The standard InChI is InChI=1S/C21H27Cl2N3O2/c1-15(13-27)20(26-10-7-21(8-11-26)9-12-28-14-21)24-16(2)25(3)18-6-4-5-17(22)19(18)23/h4-6,13H,7-12,14H2,1-3H3/b20-15+,24-16-. The summed E-state index contributed by atoms with van der Waals surface area (Å²) >= 11 is 12.5. The van der Waals surface area contributed by atoms with Gasteiger partial charge in [-0.15, -0.1) is 0 Å². The molecule has 5 nitrogen and oxygen atoms in total. The number of likely N-dealkylation sites (tertiary alicyclic amines) is 1. The van der Waals surface area contributed by atoms with Crippen LogP contribution in [0.5, 0.6) is 0 Å². The minimum Gasteiger partial charge on any atom is -0.381 e. The molecule has 2 fully saturated rings. The van der Waals surface area contributed by atoms with E-state index in [2.05, 4.69) is 4.90 Å². The normalized spacial score (nSPS) is 20.3. The molecule has 0 amide bonds. The van der Waals surface area contributed by atoms with Crippen LogP contribution in [0.4, 0.5) is 5.69 Å². The van der Waals surface area contributed by atoms with Gasteiger partial charge in [-0.1, -0.05) is 29.3 Å². The third-order valence-corrected chi connectivity index (χ3v) is 6.69. The number of carbonyl (C=O) groups is 1. The van der Waals surface area contributed by atoms with Gasteiger partial charge in [0.05, 0.1) is 22.3 Å². The third-order valence-electron chi connectivity index (χ3n) is 5.88. The van der Waals surface area contributed by atoms with Crippen molar-refractivity contribution in [3.63, 3.8) is 0 Å². The number of aliphatic imine (C=N–C) groups is 1. The van der Waals surface area contributed by atoms with Crippen molar-refractivity contribution in [3.05, 3.63) is 39.6 Å². The lowest BCUT2D eigenvalue weighted by Gasteiger charge is -2.39. The van der Waals surface area contributed by atoms with E-state index in [1.807, 2.05) is 37.9 Å². The van der Waals surface area contributed by atoms with Gasteiger partial charge < -0.3 is 14.5 Å². The molecule has 0 atom stereocenters. The number of piperidine rings is 1. The summed E-state index contributed by atoms with van der Waals surface area (Å²) in [5.74, 6) is 1.47. The summed E-state index contributed by atoms with van der Waals surface area (Å²) in [6.45, 7) is 7.19. The maximum Gasteiger partial charge on any atom is 0.149 e. The molecule has 152 valence electrons. The van der Waals surface area contributed by atoms with Crippen molar-refractivity contribution >= 4 is 41.0 Å². The molecule has 2 aliphatic rings. The second kappa shape index (κ2) is 8.85. The van der Waals surface area contributed by atoms with Crippen molar-refractivity contribution < 1.29 is 9.53 Å². The maximum atomic E-state index is 11.5. The fourth-order valence-corrected chi connectivity index (χ4v) is 4.27. The maximum absolute atomic E-state index is 11.5. The van der Waals surface area contributed by atoms with Crippen LogP contribution in [0, 0.1) is 5.41 Å². The SMILES string of the molecule is C/C(=N/C(=C(/C)C=O)N1CCC2(CCOC2)CC1)N(C)c1cccc(Cl)c1Cl. The Labute approximate surface area is 177 Å². The monoisotopic (exact) mass is 423 g/mol. The van der Waals surface area contributed by atoms with Crippen LogP contribution in [0.25, 0.3) is 0 Å². The second-order valence-corrected chi connectivity index (χ2v) is 8.49. The van der Waals surface area contributed by atoms with Crippen LogP contribution >= 0.6 is 23.2 Å². The minimum atomic E-state index is 0.306. The Kier molecular flexibility index (Phi) is 6.69. The van der Waals surface area contributed by atoms with Crippen molar-refractivity contribution in [3.8, 4) is 0 Å². The Bertz CT molecular complexity index is 791. The van der Waals surface area contributed by atoms with Crippen molar-refractivity contribution in [2.75, 3.05) is 38.3 Å². The number of hydrogen-bond donors (Lipinski definition) is 0. The highest BCUT2D eigenvalue weighted by atomic mass is 35.5. The zero-order chi connectivity index (χ0) is 20.3. The Morgan fingerprint density at radius 3 is 2.57 bits per heavy atom. The first-order valence-electron chi connectivity index (χ1n) is 9.59. The number of hydrogen-bond acceptors (Lipinski definition) is 4. The smallest absolute Gasteiger partial charge is 0.149 e. The van der Waals surface area contributed by atoms with Crippen LogP contribution in [0.2, 0.25) is 10.0 Å². The van der Waals surface area contributed by atoms with E-state index in [1.54, 1.807) is 6.07 Å². The van der Waals surface area contributed by atoms with E-state index >= 15 is 0 Å². The quantitative estimate of drug-likeness (QED) is 0.302. The van der Waals surface area contributed by atoms with Crippen LogP contribution in [-0.4, -0.2) is 50.4 Å². The molecule has 1 spiro atoms. The fourth-order valence-electron chi connectivity index (χ4n) is 3.85. The first-order valence-corrected chi connectivity index (χ1v) is 10.3. The fraction of sp³-hybridized carbons (Fsp3) is 0.524. The lowest BCUT2D eigenvalue weighted by atomic mass is 9.78. The first-order chi connectivity index (χ1) is 13.4. The van der Waals surface area contributed by atoms with Crippen molar-refractivity contribution in [1.82, 2.24) is 4.90 Å². The van der Waals surface area contributed by atoms with E-state index in [1.165, 1.54) is 0 Å². The van der Waals surface area contributed by atoms with Crippen LogP contribution in [0.15, 0.2) is 34.6 Å². The molecular formula is C21H27Cl2N3O2. The zero-order valence-corrected chi connectivity index (χ0v) is 18.2. The van der Waals surface area contributed by atoms with E-state index in [0.717, 1.165) is 69.2 Å². The van der Waals surface area contributed by atoms with E-state index in [0.29, 0.717) is 21.0 Å². The summed E-state index contributed by atoms with van der Waals surface area (Å²) in [7, 11) is 1.89. The topological polar surface area (TPSA) is 45.1 Å². The lowest BCUT2D eigenvalue weighted by molar-refractivity contribution is -0.105. The zero-order valence-electron chi connectivity index (χ0n) is 16.7. The number of nitrogens with zero attached hydrogens (tertiary/aromatic N) is 3. The number of halogens is 2. The number of amidine groups is 1. The molecule has 2 saturated heterocycles. The molecule has 2 heterocycles. The Balaban J connectivity index is 1.82. The number of aldehydes is 1. The third kappa shape index (κ3) is 4.37. The minimum absolute atomic E-state index is 0.306. The molecule has 0 unspecified atom stereocenters. The molecule has 3 rings (SSSR count). The van der Waals surface area contributed by atoms with Crippen molar-refractivity contribution in [2.24, 2.45) is 10.4 Å². The summed E-state index contributed by atoms with van der Waals surface area (Å²) in [5, 5.41) is 0.985. The molecule has 2 aliphatic heterocycles. The number of ether oxygens (including phenoxy) is 1. The summed E-state index contributed by atoms with van der Waals surface area (Å²) < 4.78 is 5.62. The average Bonchev–Trinajstić information content (AvgIpc) is 3.15. The van der Waals surface area contributed by atoms with Gasteiger partial charge in [0, 0.05) is 32.3 Å². The highest BCUT2D eigenvalue weighted by Gasteiger charge is 2.38. The van der Waals surface area contributed by atoms with Gasteiger partial charge in [0.2, 0.25) is 0 Å². The van der Waals surface area contributed by atoms with Crippen LogP contribution in [0.1, 0.15) is 33.1 Å². The summed E-state index contributed by atoms with van der Waals surface area (Å²) in [4.78, 5) is 20.5. The van der Waals surface area contributed by atoms with Crippen LogP contribution in [-0.2, 0) is 9.53 Å². The van der Waals surface area contributed by atoms with E-state index in [-0.39, 0.29) is 0 Å². The molecule has 0 saturated carbocycles. The van der Waals surface area contributed by atoms with Gasteiger partial charge in [-0.2, -0.15) is 0 Å². The second-order valence-electron chi connectivity index (χ2n) is 7.71. The highest BCUT2D eigenvalue weighted by molar-refractivity contribution is 6.44. The largest absolute Gasteiger partial charge is 0.381 e. The van der Waals surface area contributed by atoms with Gasteiger partial charge >= 0.3 is 0 Å². The van der Waals surface area contributed by atoms with Gasteiger partial charge in [-0.3, -0.25) is 4.79 Å². The summed E-state index contributed by atoms with van der Waals surface area (Å²) in [6.07, 6.45) is 4.13. The van der Waals surface area contributed by atoms with Crippen molar-refractivity contribution in [2.45, 2.75) is 33.1 Å². The summed E-state index contributed by atoms with van der Waals surface area (Å²) in [6, 6.07) is 5.51. The molecule has 0 bridgehead atoms. The van der Waals surface area contributed by atoms with Gasteiger partial charge in [0.15, 0.2) is 0 Å². The van der Waals surface area contributed by atoms with Gasteiger partial charge in [-0.05, 0) is 50.7 Å². The van der Waals surface area contributed by atoms with Gasteiger partial charge in [-0.25, -0.2) is 4.99 Å². The average molecular weight is 424 g/mol. The molecule has 0 N–H and O–H groups in total. The van der Waals surface area contributed by atoms with E-state index in [4.69, 9.17) is 32.9 Å². The number of anilines is 1. The Morgan fingerprint density at radius 2 is 1.96 bits per heavy atom. The molecule has 0 aromatic heterocycles. The molecule has 28 heavy (non-hydrogen) atoms. The molecular weight excluding hydrogens is 397 g/mol. The van der Waals surface area contributed by atoms with E-state index < -0.39 is 0 Å². The molecule has 1 aromatic rings. The lowest BCUT2D eigenvalue weighted by Crippen LogP contribution is -2.40. The van der Waals surface area contributed by atoms with Crippen LogP contribution in [0.3, 0.4) is 0 Å². The summed E-state index contributed by atoms with van der Waals surface area (Å²) in [5.41, 5.74) is 1.71. The number of benzene rings is 1. The molecule has 0 aliphatic carbocycles. The number of rotatable bonds is 4.